The SMILES string of the molecule is COc1ccccc1CC(CNC(=O)C1C2CCCCC21)C(=O)O. The number of carboxylic acids is 1. The molecule has 1 amide bonds. The molecular weight excluding hydrogens is 306 g/mol. The first-order chi connectivity index (χ1) is 11.6. The van der Waals surface area contributed by atoms with Crippen LogP contribution in [-0.2, 0) is 16.0 Å². The molecule has 2 saturated carbocycles. The lowest BCUT2D eigenvalue weighted by Crippen LogP contribution is -2.35. The van der Waals surface area contributed by atoms with E-state index < -0.39 is 11.9 Å². The van der Waals surface area contributed by atoms with E-state index in [9.17, 15) is 14.7 Å². The average molecular weight is 331 g/mol. The smallest absolute Gasteiger partial charge is 0.308 e. The number of hydrogen-bond acceptors (Lipinski definition) is 3. The van der Waals surface area contributed by atoms with Gasteiger partial charge in [-0.2, -0.15) is 0 Å². The molecule has 3 rings (SSSR count). The van der Waals surface area contributed by atoms with Gasteiger partial charge >= 0.3 is 5.97 Å². The lowest BCUT2D eigenvalue weighted by molar-refractivity contribution is -0.141. The van der Waals surface area contributed by atoms with Gasteiger partial charge in [0.15, 0.2) is 0 Å². The molecule has 0 spiro atoms. The van der Waals surface area contributed by atoms with E-state index in [1.807, 2.05) is 24.3 Å². The van der Waals surface area contributed by atoms with Crippen LogP contribution < -0.4 is 10.1 Å². The Morgan fingerprint density at radius 3 is 2.54 bits per heavy atom. The fraction of sp³-hybridized carbons (Fsp3) is 0.579. The highest BCUT2D eigenvalue weighted by molar-refractivity contribution is 5.83. The predicted molar refractivity (Wildman–Crippen MR) is 89.8 cm³/mol. The number of hydrogen-bond donors (Lipinski definition) is 2. The van der Waals surface area contributed by atoms with Crippen LogP contribution in [0.1, 0.15) is 31.2 Å². The van der Waals surface area contributed by atoms with Gasteiger partial charge in [0.25, 0.3) is 0 Å². The number of methoxy groups -OCH3 is 1. The number of benzene rings is 1. The summed E-state index contributed by atoms with van der Waals surface area (Å²) in [6.07, 6.45) is 5.07. The minimum atomic E-state index is -0.894. The molecular formula is C19H25NO4. The number of carbonyl (C=O) groups is 2. The fourth-order valence-corrected chi connectivity index (χ4v) is 4.11. The molecule has 2 aliphatic carbocycles. The second-order valence-electron chi connectivity index (χ2n) is 6.93. The zero-order valence-corrected chi connectivity index (χ0v) is 14.0. The van der Waals surface area contributed by atoms with E-state index in [1.54, 1.807) is 7.11 Å². The van der Waals surface area contributed by atoms with Crippen LogP contribution in [0.5, 0.6) is 5.75 Å². The highest BCUT2D eigenvalue weighted by Gasteiger charge is 2.54. The maximum absolute atomic E-state index is 12.3. The molecule has 0 aromatic heterocycles. The van der Waals surface area contributed by atoms with Crippen LogP contribution in [0.3, 0.4) is 0 Å². The molecule has 3 unspecified atom stereocenters. The van der Waals surface area contributed by atoms with E-state index in [0.717, 1.165) is 18.4 Å². The summed E-state index contributed by atoms with van der Waals surface area (Å²) in [5.41, 5.74) is 0.849. The zero-order chi connectivity index (χ0) is 17.1. The summed E-state index contributed by atoms with van der Waals surface area (Å²) in [5.74, 6) is 0.377. The molecule has 0 aliphatic heterocycles. The summed E-state index contributed by atoms with van der Waals surface area (Å²) in [6, 6.07) is 7.41. The highest BCUT2D eigenvalue weighted by Crippen LogP contribution is 2.55. The molecule has 1 aromatic carbocycles. The monoisotopic (exact) mass is 331 g/mol. The van der Waals surface area contributed by atoms with Crippen LogP contribution in [0, 0.1) is 23.7 Å². The van der Waals surface area contributed by atoms with Gasteiger partial charge in [0.1, 0.15) is 5.75 Å². The number of aliphatic carboxylic acids is 1. The first-order valence-corrected chi connectivity index (χ1v) is 8.74. The molecule has 5 heteroatoms. The largest absolute Gasteiger partial charge is 0.496 e. The number of fused-ring (bicyclic) bond motifs is 1. The van der Waals surface area contributed by atoms with Crippen LogP contribution >= 0.6 is 0 Å². The van der Waals surface area contributed by atoms with Crippen molar-refractivity contribution < 1.29 is 19.4 Å². The van der Waals surface area contributed by atoms with Gasteiger partial charge in [0.2, 0.25) is 5.91 Å². The molecule has 5 nitrogen and oxygen atoms in total. The molecule has 0 saturated heterocycles. The van der Waals surface area contributed by atoms with Crippen molar-refractivity contribution in [3.05, 3.63) is 29.8 Å². The van der Waals surface area contributed by atoms with Crippen LogP contribution in [0.4, 0.5) is 0 Å². The van der Waals surface area contributed by atoms with E-state index in [4.69, 9.17) is 4.74 Å². The third-order valence-electron chi connectivity index (χ3n) is 5.49. The van der Waals surface area contributed by atoms with Gasteiger partial charge in [-0.25, -0.2) is 0 Å². The summed E-state index contributed by atoms with van der Waals surface area (Å²) in [5, 5.41) is 12.4. The van der Waals surface area contributed by atoms with Crippen molar-refractivity contribution in [2.24, 2.45) is 23.7 Å². The third kappa shape index (κ3) is 3.55. The molecule has 3 atom stereocenters. The van der Waals surface area contributed by atoms with Gasteiger partial charge in [-0.1, -0.05) is 31.0 Å². The number of carbonyl (C=O) groups excluding carboxylic acids is 1. The Labute approximate surface area is 142 Å². The standard InChI is InChI=1S/C19H25NO4/c1-24-16-9-5-2-6-12(16)10-13(19(22)23)11-20-18(21)17-14-7-3-4-8-15(14)17/h2,5-6,9,13-15,17H,3-4,7-8,10-11H2,1H3,(H,20,21)(H,22,23). The third-order valence-corrected chi connectivity index (χ3v) is 5.49. The Kier molecular flexibility index (Phi) is 5.07. The Morgan fingerprint density at radius 1 is 1.25 bits per heavy atom. The van der Waals surface area contributed by atoms with Crippen molar-refractivity contribution in [3.8, 4) is 5.75 Å². The Hall–Kier alpha value is -2.04. The zero-order valence-electron chi connectivity index (χ0n) is 14.0. The van der Waals surface area contributed by atoms with E-state index in [2.05, 4.69) is 5.32 Å². The van der Waals surface area contributed by atoms with Crippen molar-refractivity contribution in [1.82, 2.24) is 5.32 Å². The lowest BCUT2D eigenvalue weighted by Gasteiger charge is -2.15. The van der Waals surface area contributed by atoms with Crippen molar-refractivity contribution in [3.63, 3.8) is 0 Å². The highest BCUT2D eigenvalue weighted by atomic mass is 16.5. The summed E-state index contributed by atoms with van der Waals surface area (Å²) < 4.78 is 5.28. The van der Waals surface area contributed by atoms with Crippen molar-refractivity contribution >= 4 is 11.9 Å². The first kappa shape index (κ1) is 16.8. The second kappa shape index (κ2) is 7.24. The Balaban J connectivity index is 1.56. The van der Waals surface area contributed by atoms with Crippen LogP contribution in [0.25, 0.3) is 0 Å². The second-order valence-corrected chi connectivity index (χ2v) is 6.93. The molecule has 0 heterocycles. The summed E-state index contributed by atoms with van der Waals surface area (Å²) >= 11 is 0. The van der Waals surface area contributed by atoms with Gasteiger partial charge in [-0.15, -0.1) is 0 Å². The number of nitrogens with one attached hydrogen (secondary N) is 1. The van der Waals surface area contributed by atoms with Crippen molar-refractivity contribution in [2.75, 3.05) is 13.7 Å². The van der Waals surface area contributed by atoms with Gasteiger partial charge in [-0.3, -0.25) is 9.59 Å². The molecule has 0 radical (unpaired) electrons. The summed E-state index contributed by atoms with van der Waals surface area (Å²) in [6.45, 7) is 0.169. The number of ether oxygens (including phenoxy) is 1. The van der Waals surface area contributed by atoms with Crippen molar-refractivity contribution in [2.45, 2.75) is 32.1 Å². The molecule has 24 heavy (non-hydrogen) atoms. The maximum Gasteiger partial charge on any atom is 0.308 e. The van der Waals surface area contributed by atoms with Gasteiger partial charge in [0.05, 0.1) is 13.0 Å². The molecule has 2 N–H and O–H groups in total. The van der Waals surface area contributed by atoms with Gasteiger partial charge < -0.3 is 15.2 Å². The summed E-state index contributed by atoms with van der Waals surface area (Å²) in [7, 11) is 1.57. The quantitative estimate of drug-likeness (QED) is 0.805. The van der Waals surface area contributed by atoms with Gasteiger partial charge in [0, 0.05) is 12.5 Å². The molecule has 2 fully saturated rings. The maximum atomic E-state index is 12.3. The van der Waals surface area contributed by atoms with Crippen LogP contribution in [0.2, 0.25) is 0 Å². The Bertz CT molecular complexity index is 603. The average Bonchev–Trinajstić information content (AvgIpc) is 3.33. The lowest BCUT2D eigenvalue weighted by atomic mass is 9.98. The van der Waals surface area contributed by atoms with Gasteiger partial charge in [-0.05, 0) is 42.7 Å². The topological polar surface area (TPSA) is 75.6 Å². The Morgan fingerprint density at radius 2 is 1.92 bits per heavy atom. The molecule has 1 aromatic rings. The number of rotatable bonds is 7. The van der Waals surface area contributed by atoms with E-state index >= 15 is 0 Å². The van der Waals surface area contributed by atoms with Crippen LogP contribution in [0.15, 0.2) is 24.3 Å². The minimum absolute atomic E-state index is 0.0400. The van der Waals surface area contributed by atoms with E-state index in [-0.39, 0.29) is 18.4 Å². The number of amides is 1. The van der Waals surface area contributed by atoms with Crippen LogP contribution in [-0.4, -0.2) is 30.6 Å². The van der Waals surface area contributed by atoms with E-state index in [1.165, 1.54) is 12.8 Å². The predicted octanol–water partition coefficient (Wildman–Crippen LogP) is 2.49. The van der Waals surface area contributed by atoms with Crippen molar-refractivity contribution in [1.29, 1.82) is 0 Å². The molecule has 2 aliphatic rings. The minimum Gasteiger partial charge on any atom is -0.496 e. The first-order valence-electron chi connectivity index (χ1n) is 8.74. The molecule has 130 valence electrons. The summed E-state index contributed by atoms with van der Waals surface area (Å²) in [4.78, 5) is 23.9. The van der Waals surface area contributed by atoms with E-state index in [0.29, 0.717) is 24.0 Å². The normalized spacial score (nSPS) is 26.1. The molecule has 0 bridgehead atoms. The number of para-hydroxylation sites is 1. The fourth-order valence-electron chi connectivity index (χ4n) is 4.11. The number of carboxylic acid groups (broad SMARTS) is 1.